The van der Waals surface area contributed by atoms with E-state index in [0.29, 0.717) is 11.6 Å². The van der Waals surface area contributed by atoms with Gasteiger partial charge >= 0.3 is 51.4 Å². The second kappa shape index (κ2) is 11.9. The van der Waals surface area contributed by atoms with Gasteiger partial charge in [-0.2, -0.15) is 0 Å². The van der Waals surface area contributed by atoms with E-state index in [9.17, 15) is 14.7 Å². The van der Waals surface area contributed by atoms with Crippen molar-refractivity contribution in [1.29, 1.82) is 0 Å². The average Bonchev–Trinajstić information content (AvgIpc) is 3.49. The van der Waals surface area contributed by atoms with Crippen LogP contribution >= 0.6 is 11.3 Å². The molecule has 186 valence electrons. The number of carbonyl (C=O) groups is 2. The Bertz CT molecular complexity index is 1370. The minimum atomic E-state index is -1.26. The molecule has 0 aliphatic heterocycles. The summed E-state index contributed by atoms with van der Waals surface area (Å²) in [5, 5.41) is 12.1. The van der Waals surface area contributed by atoms with Gasteiger partial charge in [-0.15, -0.1) is 11.3 Å². The molecule has 8 heteroatoms. The van der Waals surface area contributed by atoms with Crippen LogP contribution < -0.4 is 61.4 Å². The number of thiophene rings is 1. The van der Waals surface area contributed by atoms with E-state index in [1.54, 1.807) is 11.1 Å². The Labute approximate surface area is 263 Å². The SMILES string of the molecule is CC1CCC(C(=O)N(c2cc(-c3ccc(-c4cc5ncccc5o4)cc3)sc2C(=O)[O-])C(C)C)CC1.[K+]. The van der Waals surface area contributed by atoms with Gasteiger partial charge in [-0.3, -0.25) is 9.78 Å². The van der Waals surface area contributed by atoms with E-state index < -0.39 is 5.97 Å². The summed E-state index contributed by atoms with van der Waals surface area (Å²) in [5.74, 6) is 0.0305. The van der Waals surface area contributed by atoms with Crippen LogP contribution in [0.5, 0.6) is 0 Å². The maximum atomic E-state index is 13.5. The topological polar surface area (TPSA) is 86.5 Å². The summed E-state index contributed by atoms with van der Waals surface area (Å²) in [6.07, 6.45) is 5.48. The summed E-state index contributed by atoms with van der Waals surface area (Å²) in [5.41, 5.74) is 3.72. The summed E-state index contributed by atoms with van der Waals surface area (Å²) in [4.78, 5) is 32.5. The van der Waals surface area contributed by atoms with Gasteiger partial charge in [-0.25, -0.2) is 0 Å². The number of nitrogens with zero attached hydrogens (tertiary/aromatic N) is 2. The molecule has 0 unspecified atom stereocenters. The number of aromatic nitrogens is 1. The van der Waals surface area contributed by atoms with Crippen LogP contribution in [0.2, 0.25) is 0 Å². The van der Waals surface area contributed by atoms with Gasteiger partial charge in [0, 0.05) is 34.7 Å². The van der Waals surface area contributed by atoms with Crippen molar-refractivity contribution in [3.05, 3.63) is 59.6 Å². The first-order valence-electron chi connectivity index (χ1n) is 12.5. The van der Waals surface area contributed by atoms with Crippen LogP contribution in [0.1, 0.15) is 56.1 Å². The Kier molecular flexibility index (Phi) is 9.09. The van der Waals surface area contributed by atoms with Gasteiger partial charge in [0.1, 0.15) is 11.3 Å². The fourth-order valence-electron chi connectivity index (χ4n) is 5.01. The summed E-state index contributed by atoms with van der Waals surface area (Å²) >= 11 is 1.15. The van der Waals surface area contributed by atoms with Gasteiger partial charge in [0.05, 0.1) is 16.5 Å². The van der Waals surface area contributed by atoms with Crippen LogP contribution in [0, 0.1) is 11.8 Å². The van der Waals surface area contributed by atoms with Crippen molar-refractivity contribution < 1.29 is 70.5 Å². The predicted molar refractivity (Wildman–Crippen MR) is 141 cm³/mol. The van der Waals surface area contributed by atoms with Gasteiger partial charge in [0.2, 0.25) is 5.91 Å². The predicted octanol–water partition coefficient (Wildman–Crippen LogP) is 3.16. The van der Waals surface area contributed by atoms with Crippen LogP contribution in [0.25, 0.3) is 32.9 Å². The smallest absolute Gasteiger partial charge is 0.544 e. The van der Waals surface area contributed by atoms with Gasteiger partial charge in [0.15, 0.2) is 5.58 Å². The number of rotatable bonds is 6. The fourth-order valence-corrected chi connectivity index (χ4v) is 6.00. The number of benzene rings is 1. The van der Waals surface area contributed by atoms with Gasteiger partial charge in [0.25, 0.3) is 0 Å². The largest absolute Gasteiger partial charge is 1.00 e. The third kappa shape index (κ3) is 5.94. The molecule has 1 aliphatic rings. The summed E-state index contributed by atoms with van der Waals surface area (Å²) in [6, 6.07) is 15.0. The molecule has 3 heterocycles. The summed E-state index contributed by atoms with van der Waals surface area (Å²) in [6.45, 7) is 6.07. The van der Waals surface area contributed by atoms with Crippen molar-refractivity contribution >= 4 is 40.0 Å². The van der Waals surface area contributed by atoms with Crippen LogP contribution in [0.3, 0.4) is 0 Å². The molecule has 4 aromatic rings. The van der Waals surface area contributed by atoms with Gasteiger partial charge in [-0.1, -0.05) is 31.2 Å². The normalized spacial score (nSPS) is 17.5. The Hall–Kier alpha value is -1.81. The number of carboxylic acids is 1. The molecule has 0 saturated heterocycles. The maximum absolute atomic E-state index is 13.5. The fraction of sp³-hybridized carbons (Fsp3) is 0.345. The second-order valence-electron chi connectivity index (χ2n) is 9.95. The van der Waals surface area contributed by atoms with Crippen molar-refractivity contribution in [1.82, 2.24) is 4.98 Å². The molecule has 5 rings (SSSR count). The van der Waals surface area contributed by atoms with Crippen molar-refractivity contribution in [3.8, 4) is 21.8 Å². The van der Waals surface area contributed by atoms with Crippen LogP contribution in [0.15, 0.2) is 59.1 Å². The Balaban J connectivity index is 0.00000320. The van der Waals surface area contributed by atoms with Crippen molar-refractivity contribution in [2.24, 2.45) is 11.8 Å². The van der Waals surface area contributed by atoms with E-state index in [4.69, 9.17) is 4.42 Å². The molecule has 0 radical (unpaired) electrons. The van der Waals surface area contributed by atoms with Crippen molar-refractivity contribution in [2.75, 3.05) is 4.90 Å². The van der Waals surface area contributed by atoms with E-state index in [-0.39, 0.29) is 74.1 Å². The van der Waals surface area contributed by atoms with Crippen molar-refractivity contribution in [3.63, 3.8) is 0 Å². The van der Waals surface area contributed by atoms with E-state index in [1.165, 1.54) is 0 Å². The number of amides is 1. The number of hydrogen-bond acceptors (Lipinski definition) is 6. The summed E-state index contributed by atoms with van der Waals surface area (Å²) in [7, 11) is 0. The zero-order valence-electron chi connectivity index (χ0n) is 21.7. The number of pyridine rings is 1. The molecule has 3 aromatic heterocycles. The van der Waals surface area contributed by atoms with Gasteiger partial charge < -0.3 is 19.2 Å². The van der Waals surface area contributed by atoms with Crippen LogP contribution in [0.4, 0.5) is 5.69 Å². The first-order valence-corrected chi connectivity index (χ1v) is 13.3. The number of carboxylic acid groups (broad SMARTS) is 1. The molecule has 1 amide bonds. The van der Waals surface area contributed by atoms with E-state index >= 15 is 0 Å². The molecule has 1 aromatic carbocycles. The number of anilines is 1. The molecule has 0 N–H and O–H groups in total. The quantitative estimate of drug-likeness (QED) is 0.351. The molecule has 0 atom stereocenters. The first-order chi connectivity index (χ1) is 17.3. The average molecular weight is 541 g/mol. The maximum Gasteiger partial charge on any atom is 1.00 e. The number of aromatic carboxylic acids is 1. The monoisotopic (exact) mass is 540 g/mol. The Morgan fingerprint density at radius 1 is 1.05 bits per heavy atom. The van der Waals surface area contributed by atoms with Gasteiger partial charge in [-0.05, 0) is 69.2 Å². The number of hydrogen-bond donors (Lipinski definition) is 0. The molecule has 1 saturated carbocycles. The Morgan fingerprint density at radius 2 is 1.73 bits per heavy atom. The number of fused-ring (bicyclic) bond motifs is 1. The van der Waals surface area contributed by atoms with Crippen LogP contribution in [-0.2, 0) is 4.79 Å². The zero-order chi connectivity index (χ0) is 25.4. The molecule has 6 nitrogen and oxygen atoms in total. The second-order valence-corrected chi connectivity index (χ2v) is 11.0. The molecular formula is C29H29KN2O4S. The van der Waals surface area contributed by atoms with E-state index in [2.05, 4.69) is 11.9 Å². The standard InChI is InChI=1S/C29H30N2O4S.K/c1-17(2)31(28(32)21-8-6-18(3)7-9-21)23-16-26(36-27(23)29(33)34)20-12-10-19(11-13-20)25-15-22-24(35-25)5-4-14-30-22;/h4-5,10-18,21H,6-9H2,1-3H3,(H,33,34);/q;+1/p-1. The van der Waals surface area contributed by atoms with Crippen LogP contribution in [-0.4, -0.2) is 22.9 Å². The minimum absolute atomic E-state index is 0. The first kappa shape index (κ1) is 28.2. The zero-order valence-corrected chi connectivity index (χ0v) is 25.6. The third-order valence-corrected chi connectivity index (χ3v) is 8.17. The number of furan rings is 1. The molecule has 37 heavy (non-hydrogen) atoms. The van der Waals surface area contributed by atoms with Crippen molar-refractivity contribution in [2.45, 2.75) is 52.5 Å². The summed E-state index contributed by atoms with van der Waals surface area (Å²) < 4.78 is 5.91. The molecule has 0 bridgehead atoms. The number of carbonyl (C=O) groups excluding carboxylic acids is 2. The molecule has 0 spiro atoms. The van der Waals surface area contributed by atoms with E-state index in [1.807, 2.05) is 62.4 Å². The molecular weight excluding hydrogens is 511 g/mol. The minimum Gasteiger partial charge on any atom is -0.544 e. The third-order valence-electron chi connectivity index (χ3n) is 7.02. The molecule has 1 fully saturated rings. The molecule has 1 aliphatic carbocycles. The van der Waals surface area contributed by atoms with E-state index in [0.717, 1.165) is 69.9 Å². The Morgan fingerprint density at radius 3 is 2.35 bits per heavy atom.